The van der Waals surface area contributed by atoms with Crippen molar-refractivity contribution in [1.82, 2.24) is 4.90 Å². The van der Waals surface area contributed by atoms with Crippen LogP contribution in [0.4, 0.5) is 4.39 Å². The molecule has 0 bridgehead atoms. The number of benzene rings is 3. The minimum absolute atomic E-state index is 0.0171. The average Bonchev–Trinajstić information content (AvgIpc) is 3.12. The Kier molecular flexibility index (Phi) is 5.53. The van der Waals surface area contributed by atoms with Gasteiger partial charge in [-0.2, -0.15) is 0 Å². The van der Waals surface area contributed by atoms with Gasteiger partial charge in [0, 0.05) is 6.54 Å². The summed E-state index contributed by atoms with van der Waals surface area (Å²) in [4.78, 5) is 28.6. The highest BCUT2D eigenvalue weighted by atomic mass is 19.1. The molecule has 1 atom stereocenters. The molecule has 34 heavy (non-hydrogen) atoms. The summed E-state index contributed by atoms with van der Waals surface area (Å²) in [6.45, 7) is 2.66. The molecule has 0 saturated carbocycles. The van der Waals surface area contributed by atoms with Crippen LogP contribution in [0.1, 0.15) is 40.2 Å². The first-order valence-corrected chi connectivity index (χ1v) is 10.9. The molecular weight excluding hydrogens is 437 g/mol. The maximum atomic E-state index is 13.9. The number of rotatable bonds is 6. The van der Waals surface area contributed by atoms with E-state index >= 15 is 0 Å². The van der Waals surface area contributed by atoms with E-state index in [9.17, 15) is 14.0 Å². The lowest BCUT2D eigenvalue weighted by Gasteiger charge is -2.25. The Morgan fingerprint density at radius 3 is 2.35 bits per heavy atom. The van der Waals surface area contributed by atoms with Crippen LogP contribution in [0.2, 0.25) is 0 Å². The van der Waals surface area contributed by atoms with Crippen LogP contribution in [-0.4, -0.2) is 24.5 Å². The Morgan fingerprint density at radius 1 is 0.971 bits per heavy atom. The Bertz CT molecular complexity index is 1430. The molecule has 0 spiro atoms. The van der Waals surface area contributed by atoms with Crippen LogP contribution in [0.25, 0.3) is 11.0 Å². The molecule has 1 aromatic heterocycles. The molecule has 3 aromatic carbocycles. The number of halogens is 1. The van der Waals surface area contributed by atoms with Gasteiger partial charge in [0.05, 0.1) is 30.7 Å². The van der Waals surface area contributed by atoms with Gasteiger partial charge in [-0.1, -0.05) is 24.3 Å². The maximum absolute atomic E-state index is 13.9. The zero-order valence-corrected chi connectivity index (χ0v) is 18.7. The minimum Gasteiger partial charge on any atom is -0.497 e. The summed E-state index contributed by atoms with van der Waals surface area (Å²) in [5.74, 6) is 0.430. The van der Waals surface area contributed by atoms with Gasteiger partial charge in [-0.15, -0.1) is 0 Å². The summed E-state index contributed by atoms with van der Waals surface area (Å²) in [5, 5.41) is 0.105. The Balaban J connectivity index is 1.65. The van der Waals surface area contributed by atoms with E-state index in [1.165, 1.54) is 12.1 Å². The summed E-state index contributed by atoms with van der Waals surface area (Å²) >= 11 is 0. The van der Waals surface area contributed by atoms with Gasteiger partial charge < -0.3 is 18.8 Å². The Hall–Kier alpha value is -4.13. The third kappa shape index (κ3) is 3.69. The van der Waals surface area contributed by atoms with E-state index in [-0.39, 0.29) is 28.8 Å². The van der Waals surface area contributed by atoms with Gasteiger partial charge >= 0.3 is 0 Å². The minimum atomic E-state index is -0.691. The molecular formula is C27H22FNO5. The van der Waals surface area contributed by atoms with Crippen molar-refractivity contribution in [1.29, 1.82) is 0 Å². The summed E-state index contributed by atoms with van der Waals surface area (Å²) in [5.41, 5.74) is 1.56. The van der Waals surface area contributed by atoms with Crippen LogP contribution >= 0.6 is 0 Å². The normalized spacial score (nSPS) is 15.0. The average molecular weight is 459 g/mol. The number of hydrogen-bond acceptors (Lipinski definition) is 5. The molecule has 0 fully saturated rings. The second-order valence-corrected chi connectivity index (χ2v) is 8.00. The van der Waals surface area contributed by atoms with E-state index in [2.05, 4.69) is 0 Å². The van der Waals surface area contributed by atoms with Crippen molar-refractivity contribution in [2.24, 2.45) is 0 Å². The topological polar surface area (TPSA) is 69.0 Å². The van der Waals surface area contributed by atoms with Crippen LogP contribution in [0, 0.1) is 5.82 Å². The number of fused-ring (bicyclic) bond motifs is 2. The second kappa shape index (κ2) is 8.67. The molecule has 7 heteroatoms. The van der Waals surface area contributed by atoms with Crippen molar-refractivity contribution >= 4 is 16.9 Å². The number of methoxy groups -OCH3 is 1. The molecule has 0 aliphatic carbocycles. The fourth-order valence-electron chi connectivity index (χ4n) is 4.34. The number of carbonyl (C=O) groups is 1. The van der Waals surface area contributed by atoms with Crippen molar-refractivity contribution < 1.29 is 23.1 Å². The number of ether oxygens (including phenoxy) is 2. The van der Waals surface area contributed by atoms with Gasteiger partial charge in [0.1, 0.15) is 22.9 Å². The molecule has 172 valence electrons. The quantitative estimate of drug-likeness (QED) is 0.402. The summed E-state index contributed by atoms with van der Waals surface area (Å²) in [6, 6.07) is 17.7. The molecule has 1 amide bonds. The zero-order chi connectivity index (χ0) is 23.8. The highest BCUT2D eigenvalue weighted by Gasteiger charge is 2.42. The van der Waals surface area contributed by atoms with E-state index in [4.69, 9.17) is 13.9 Å². The van der Waals surface area contributed by atoms with Crippen molar-refractivity contribution in [2.45, 2.75) is 19.5 Å². The molecule has 1 aliphatic heterocycles. The smallest absolute Gasteiger partial charge is 0.291 e. The van der Waals surface area contributed by atoms with Crippen LogP contribution in [0.15, 0.2) is 75.9 Å². The molecule has 0 N–H and O–H groups in total. The Labute approximate surface area is 195 Å². The van der Waals surface area contributed by atoms with Gasteiger partial charge in [-0.05, 0) is 60.5 Å². The van der Waals surface area contributed by atoms with E-state index in [1.54, 1.807) is 24.1 Å². The molecule has 4 aromatic rings. The van der Waals surface area contributed by atoms with Crippen molar-refractivity contribution in [3.63, 3.8) is 0 Å². The monoisotopic (exact) mass is 459 g/mol. The molecule has 6 nitrogen and oxygen atoms in total. The SMILES string of the molecule is CCOc1ccc(C2c3c(oc4ccc(F)cc4c3=O)C(=O)N2Cc2ccc(OC)cc2)cc1. The fourth-order valence-corrected chi connectivity index (χ4v) is 4.34. The van der Waals surface area contributed by atoms with E-state index in [0.29, 0.717) is 18.1 Å². The first kappa shape index (κ1) is 21.7. The predicted molar refractivity (Wildman–Crippen MR) is 125 cm³/mol. The summed E-state index contributed by atoms with van der Waals surface area (Å²) < 4.78 is 30.6. The second-order valence-electron chi connectivity index (χ2n) is 8.00. The molecule has 2 heterocycles. The highest BCUT2D eigenvalue weighted by molar-refractivity contribution is 5.99. The van der Waals surface area contributed by atoms with E-state index < -0.39 is 23.2 Å². The summed E-state index contributed by atoms with van der Waals surface area (Å²) in [6.07, 6.45) is 0. The highest BCUT2D eigenvalue weighted by Crippen LogP contribution is 2.39. The van der Waals surface area contributed by atoms with Crippen molar-refractivity contribution in [3.8, 4) is 11.5 Å². The zero-order valence-electron chi connectivity index (χ0n) is 18.7. The molecule has 1 aliphatic rings. The van der Waals surface area contributed by atoms with Gasteiger partial charge in [-0.25, -0.2) is 4.39 Å². The summed E-state index contributed by atoms with van der Waals surface area (Å²) in [7, 11) is 1.59. The predicted octanol–water partition coefficient (Wildman–Crippen LogP) is 5.08. The molecule has 0 saturated heterocycles. The third-order valence-electron chi connectivity index (χ3n) is 5.95. The number of hydrogen-bond donors (Lipinski definition) is 0. The number of carbonyl (C=O) groups excluding carboxylic acids is 1. The third-order valence-corrected chi connectivity index (χ3v) is 5.95. The molecule has 5 rings (SSSR count). The van der Waals surface area contributed by atoms with Gasteiger partial charge in [-0.3, -0.25) is 9.59 Å². The van der Waals surface area contributed by atoms with Gasteiger partial charge in [0.15, 0.2) is 5.43 Å². The molecule has 0 radical (unpaired) electrons. The fraction of sp³-hybridized carbons (Fsp3) is 0.185. The van der Waals surface area contributed by atoms with Crippen LogP contribution in [-0.2, 0) is 6.54 Å². The van der Waals surface area contributed by atoms with E-state index in [0.717, 1.165) is 17.2 Å². The van der Waals surface area contributed by atoms with Crippen molar-refractivity contribution in [3.05, 3.63) is 105 Å². The van der Waals surface area contributed by atoms with Crippen LogP contribution in [0.5, 0.6) is 11.5 Å². The van der Waals surface area contributed by atoms with Gasteiger partial charge in [0.2, 0.25) is 5.76 Å². The van der Waals surface area contributed by atoms with Gasteiger partial charge in [0.25, 0.3) is 5.91 Å². The lowest BCUT2D eigenvalue weighted by atomic mass is 9.98. The lowest BCUT2D eigenvalue weighted by molar-refractivity contribution is 0.0714. The lowest BCUT2D eigenvalue weighted by Crippen LogP contribution is -2.29. The maximum Gasteiger partial charge on any atom is 0.291 e. The molecule has 1 unspecified atom stereocenters. The van der Waals surface area contributed by atoms with Crippen LogP contribution < -0.4 is 14.9 Å². The first-order chi connectivity index (χ1) is 16.5. The number of nitrogens with zero attached hydrogens (tertiary/aromatic N) is 1. The Morgan fingerprint density at radius 2 is 1.68 bits per heavy atom. The number of amides is 1. The first-order valence-electron chi connectivity index (χ1n) is 10.9. The van der Waals surface area contributed by atoms with Crippen LogP contribution in [0.3, 0.4) is 0 Å². The largest absolute Gasteiger partial charge is 0.497 e. The van der Waals surface area contributed by atoms with Crippen molar-refractivity contribution in [2.75, 3.05) is 13.7 Å². The van der Waals surface area contributed by atoms with E-state index in [1.807, 2.05) is 43.3 Å². The standard InChI is InChI=1S/C27H22FNO5/c1-3-33-20-11-6-17(7-12-20)24-23-25(30)21-14-18(28)8-13-22(21)34-26(23)27(31)29(24)15-16-4-9-19(32-2)10-5-16/h4-14,24H,3,15H2,1-2H3.